The summed E-state index contributed by atoms with van der Waals surface area (Å²) in [5.74, 6) is -0.794. The van der Waals surface area contributed by atoms with E-state index in [1.165, 1.54) is 18.4 Å². The van der Waals surface area contributed by atoms with Crippen LogP contribution in [0.15, 0.2) is 36.4 Å². The van der Waals surface area contributed by atoms with E-state index in [1.807, 2.05) is 43.3 Å². The minimum Gasteiger partial charge on any atom is -0.479 e. The van der Waals surface area contributed by atoms with Crippen molar-refractivity contribution in [3.8, 4) is 11.8 Å². The maximum Gasteiger partial charge on any atom is 0.408 e. The number of fused-ring (bicyclic) bond motifs is 4. The highest BCUT2D eigenvalue weighted by atomic mass is 32.2. The third-order valence-electron chi connectivity index (χ3n) is 13.1. The SMILES string of the molecule is COc1nnc(O[C@@H]2C[C@H]3C(=O)N[C@]4(C(=O)NS(=O)(=O)C5(C)CC5)C[C@H]4/C=C\CC[C@H](C)C[C@@H](C)[C@H](NC(=O)OC4C[C@@H]5C[C@@H]5C4)C(=O)N3C2)c2ccccc12.[HH].[HH].[HH]. The number of methoxy groups -OCH3 is 1. The maximum absolute atomic E-state index is 14.9. The summed E-state index contributed by atoms with van der Waals surface area (Å²) in [5, 5.41) is 15.6. The second-order valence-corrected chi connectivity index (χ2v) is 19.6. The first kappa shape index (κ1) is 38.4. The Balaban J connectivity index is 0.00000220. The van der Waals surface area contributed by atoms with Crippen LogP contribution in [0.5, 0.6) is 11.8 Å². The summed E-state index contributed by atoms with van der Waals surface area (Å²) in [6.07, 6.45) is 8.26. The maximum atomic E-state index is 14.9. The molecule has 15 nitrogen and oxygen atoms in total. The number of allylic oxidation sites excluding steroid dienone is 1. The van der Waals surface area contributed by atoms with E-state index in [1.54, 1.807) is 6.92 Å². The lowest BCUT2D eigenvalue weighted by Crippen LogP contribution is -2.59. The molecule has 4 amide bonds. The van der Waals surface area contributed by atoms with Crippen molar-refractivity contribution < 1.29 is 46.1 Å². The normalized spacial score (nSPS) is 35.4. The molecule has 1 saturated heterocycles. The minimum atomic E-state index is -4.00. The number of nitrogens with zero attached hydrogens (tertiary/aromatic N) is 3. The van der Waals surface area contributed by atoms with Crippen LogP contribution in [0, 0.1) is 29.6 Å². The lowest BCUT2D eigenvalue weighted by atomic mass is 9.88. The van der Waals surface area contributed by atoms with E-state index in [4.69, 9.17) is 14.2 Å². The molecular weight excluding hydrogens is 741 g/mol. The summed E-state index contributed by atoms with van der Waals surface area (Å²) in [5.41, 5.74) is -1.53. The van der Waals surface area contributed by atoms with Gasteiger partial charge in [0, 0.05) is 16.6 Å². The molecule has 4 aliphatic carbocycles. The van der Waals surface area contributed by atoms with Crippen molar-refractivity contribution in [2.24, 2.45) is 29.6 Å². The second-order valence-electron chi connectivity index (χ2n) is 17.4. The van der Waals surface area contributed by atoms with Crippen molar-refractivity contribution in [1.29, 1.82) is 0 Å². The molecule has 0 bridgehead atoms. The summed E-state index contributed by atoms with van der Waals surface area (Å²) < 4.78 is 45.3. The standard InChI is InChI=1S/C40H52N6O9S.3H2/c1-22-9-5-6-10-26-20-40(26,37(49)45-56(51,52)39(3)13-14-39)42-33(47)31-19-28(54-35-30-12-8-7-11-29(30)34(53-4)43-44-35)21-46(31)36(48)32(23(2)15-22)41-38(50)55-27-17-24-16-25(24)18-27;;;/h6-8,10-12,22-28,31-32H,5,9,13-21H2,1-4H3,(H,41,50)(H,42,47)(H,45,49);3*1H/b10-6-;;;/t22-,23+,24-,25+,26+,27?,28+,31-,32-,40+;;;/m0.../s1. The number of sulfonamides is 1. The zero-order valence-electron chi connectivity index (χ0n) is 32.4. The molecule has 1 aromatic carbocycles. The lowest BCUT2D eigenvalue weighted by Gasteiger charge is -2.33. The second kappa shape index (κ2) is 14.5. The van der Waals surface area contributed by atoms with Gasteiger partial charge >= 0.3 is 6.09 Å². The molecule has 10 atom stereocenters. The van der Waals surface area contributed by atoms with E-state index >= 15 is 0 Å². The van der Waals surface area contributed by atoms with Crippen LogP contribution in [-0.4, -0.2) is 95.6 Å². The van der Waals surface area contributed by atoms with Gasteiger partial charge in [0.25, 0.3) is 5.91 Å². The zero-order chi connectivity index (χ0) is 39.6. The number of carbonyl (C=O) groups is 4. The summed E-state index contributed by atoms with van der Waals surface area (Å²) in [4.78, 5) is 58.2. The number of carbonyl (C=O) groups excluding carboxylic acids is 4. The monoisotopic (exact) mass is 798 g/mol. The first-order valence-electron chi connectivity index (χ1n) is 20.0. The number of nitrogens with one attached hydrogen (secondary N) is 3. The molecule has 1 aromatic heterocycles. The molecule has 16 heteroatoms. The third kappa shape index (κ3) is 7.40. The van der Waals surface area contributed by atoms with E-state index in [2.05, 4.69) is 32.5 Å². The number of ether oxygens (including phenoxy) is 3. The number of aromatic nitrogens is 2. The van der Waals surface area contributed by atoms with E-state index in [9.17, 15) is 27.6 Å². The van der Waals surface area contributed by atoms with E-state index in [-0.39, 0.29) is 47.5 Å². The van der Waals surface area contributed by atoms with Gasteiger partial charge < -0.3 is 29.7 Å². The summed E-state index contributed by atoms with van der Waals surface area (Å²) in [7, 11) is -2.50. The summed E-state index contributed by atoms with van der Waals surface area (Å²) >= 11 is 0. The van der Waals surface area contributed by atoms with Gasteiger partial charge in [0.2, 0.25) is 33.6 Å². The Hall–Kier alpha value is -4.47. The quantitative estimate of drug-likeness (QED) is 0.318. The number of hydrogen-bond donors (Lipinski definition) is 3. The largest absolute Gasteiger partial charge is 0.479 e. The average Bonchev–Trinajstić information content (AvgIpc) is 4.12. The Labute approximate surface area is 331 Å². The average molecular weight is 799 g/mol. The Morgan fingerprint density at radius 2 is 1.68 bits per heavy atom. The number of alkyl carbamates (subject to hydrolysis) is 1. The molecule has 5 fully saturated rings. The van der Waals surface area contributed by atoms with E-state index < -0.39 is 68.2 Å². The topological polar surface area (TPSA) is 195 Å². The van der Waals surface area contributed by atoms with Gasteiger partial charge in [-0.3, -0.25) is 19.1 Å². The fourth-order valence-electron chi connectivity index (χ4n) is 9.12. The molecule has 2 aliphatic heterocycles. The Morgan fingerprint density at radius 1 is 0.982 bits per heavy atom. The van der Waals surface area contributed by atoms with Crippen LogP contribution in [0.25, 0.3) is 10.8 Å². The number of benzene rings is 1. The molecule has 0 radical (unpaired) electrons. The van der Waals surface area contributed by atoms with Crippen molar-refractivity contribution in [2.45, 2.75) is 120 Å². The minimum absolute atomic E-state index is 0. The Kier molecular flexibility index (Phi) is 9.93. The number of rotatable bonds is 8. The van der Waals surface area contributed by atoms with Crippen LogP contribution >= 0.6 is 0 Å². The molecule has 56 heavy (non-hydrogen) atoms. The van der Waals surface area contributed by atoms with Crippen molar-refractivity contribution in [3.05, 3.63) is 36.4 Å². The highest BCUT2D eigenvalue weighted by Crippen LogP contribution is 2.52. The molecule has 0 spiro atoms. The van der Waals surface area contributed by atoms with Gasteiger partial charge in [-0.2, -0.15) is 0 Å². The lowest BCUT2D eigenvalue weighted by molar-refractivity contribution is -0.142. The van der Waals surface area contributed by atoms with Crippen molar-refractivity contribution in [3.63, 3.8) is 0 Å². The van der Waals surface area contributed by atoms with Crippen LogP contribution in [0.3, 0.4) is 0 Å². The fraction of sp³-hybridized carbons (Fsp3) is 0.650. The first-order valence-corrected chi connectivity index (χ1v) is 21.5. The number of hydrogen-bond acceptors (Lipinski definition) is 11. The third-order valence-corrected chi connectivity index (χ3v) is 15.2. The van der Waals surface area contributed by atoms with E-state index in [0.29, 0.717) is 54.2 Å². The highest BCUT2D eigenvalue weighted by molar-refractivity contribution is 7.91. The van der Waals surface area contributed by atoms with Crippen LogP contribution < -0.4 is 24.8 Å². The molecule has 2 aromatic rings. The molecule has 308 valence electrons. The molecule has 6 aliphatic rings. The van der Waals surface area contributed by atoms with Gasteiger partial charge in [-0.05, 0) is 101 Å². The summed E-state index contributed by atoms with van der Waals surface area (Å²) in [6.45, 7) is 5.58. The van der Waals surface area contributed by atoms with Gasteiger partial charge in [-0.1, -0.05) is 38.1 Å². The smallest absolute Gasteiger partial charge is 0.408 e. The molecule has 3 heterocycles. The van der Waals surface area contributed by atoms with Crippen LogP contribution in [0.2, 0.25) is 0 Å². The molecular formula is C40H58N6O9S. The van der Waals surface area contributed by atoms with Crippen molar-refractivity contribution in [1.82, 2.24) is 30.5 Å². The van der Waals surface area contributed by atoms with Crippen LogP contribution in [0.4, 0.5) is 4.79 Å². The fourth-order valence-corrected chi connectivity index (χ4v) is 10.4. The summed E-state index contributed by atoms with van der Waals surface area (Å²) in [6, 6.07) is 5.15. The first-order chi connectivity index (χ1) is 26.7. The molecule has 3 N–H and O–H groups in total. The predicted molar refractivity (Wildman–Crippen MR) is 210 cm³/mol. The molecule has 4 saturated carbocycles. The Bertz CT molecular complexity index is 2060. The Morgan fingerprint density at radius 3 is 2.38 bits per heavy atom. The van der Waals surface area contributed by atoms with E-state index in [0.717, 1.165) is 19.3 Å². The highest BCUT2D eigenvalue weighted by Gasteiger charge is 2.63. The number of amides is 4. The van der Waals surface area contributed by atoms with Gasteiger partial charge in [0.15, 0.2) is 0 Å². The van der Waals surface area contributed by atoms with Gasteiger partial charge in [0.1, 0.15) is 29.8 Å². The zero-order valence-corrected chi connectivity index (χ0v) is 33.2. The van der Waals surface area contributed by atoms with Crippen LogP contribution in [0.1, 0.15) is 89.3 Å². The van der Waals surface area contributed by atoms with Gasteiger partial charge in [0.05, 0.1) is 29.2 Å². The van der Waals surface area contributed by atoms with Crippen molar-refractivity contribution in [2.75, 3.05) is 13.7 Å². The van der Waals surface area contributed by atoms with Crippen LogP contribution in [-0.2, 0) is 29.1 Å². The predicted octanol–water partition coefficient (Wildman–Crippen LogP) is 4.50. The van der Waals surface area contributed by atoms with Gasteiger partial charge in [-0.15, -0.1) is 10.2 Å². The molecule has 1 unspecified atom stereocenters. The van der Waals surface area contributed by atoms with Crippen molar-refractivity contribution >= 4 is 44.6 Å². The van der Waals surface area contributed by atoms with Gasteiger partial charge in [-0.25, -0.2) is 13.2 Å². The molecule has 8 rings (SSSR count).